The monoisotopic (exact) mass is 668 g/mol. The van der Waals surface area contributed by atoms with E-state index in [4.69, 9.17) is 15.6 Å². The number of carbonyl (C=O) groups is 2. The zero-order valence-electron chi connectivity index (χ0n) is 28.8. The Labute approximate surface area is 286 Å². The number of nitrogen functional groups attached to an aromatic ring is 1. The number of nitrogens with zero attached hydrogens (tertiary/aromatic N) is 7. The fourth-order valence-corrected chi connectivity index (χ4v) is 9.13. The summed E-state index contributed by atoms with van der Waals surface area (Å²) in [4.78, 5) is 44.0. The largest absolute Gasteiger partial charge is 0.495 e. The zero-order valence-corrected chi connectivity index (χ0v) is 28.8. The lowest BCUT2D eigenvalue weighted by atomic mass is 9.71. The van der Waals surface area contributed by atoms with Gasteiger partial charge in [0.1, 0.15) is 5.75 Å². The number of imidazole rings is 1. The number of aromatic nitrogens is 4. The van der Waals surface area contributed by atoms with Gasteiger partial charge in [-0.1, -0.05) is 6.07 Å². The molecule has 1 aliphatic carbocycles. The predicted octanol–water partition coefficient (Wildman–Crippen LogP) is 4.57. The van der Waals surface area contributed by atoms with Gasteiger partial charge in [-0.25, -0.2) is 4.79 Å². The van der Waals surface area contributed by atoms with E-state index in [1.54, 1.807) is 18.7 Å². The molecule has 12 heteroatoms. The van der Waals surface area contributed by atoms with Crippen LogP contribution >= 0.6 is 0 Å². The first kappa shape index (κ1) is 31.9. The number of aryl methyl sites for hydroxylation is 1. The summed E-state index contributed by atoms with van der Waals surface area (Å²) >= 11 is 0. The van der Waals surface area contributed by atoms with Gasteiger partial charge in [0.05, 0.1) is 41.1 Å². The fraction of sp³-hybridized carbons (Fsp3) is 0.568. The number of amides is 2. The number of benzene rings is 2. The molecule has 0 unspecified atom stereocenters. The average molecular weight is 669 g/mol. The summed E-state index contributed by atoms with van der Waals surface area (Å²) in [5, 5.41) is 7.01. The number of piperidine rings is 3. The maximum absolute atomic E-state index is 13.4. The molecule has 260 valence electrons. The van der Waals surface area contributed by atoms with Crippen LogP contribution in [0.15, 0.2) is 41.3 Å². The first-order chi connectivity index (χ1) is 23.7. The zero-order chi connectivity index (χ0) is 33.9. The normalized spacial score (nSPS) is 23.6. The van der Waals surface area contributed by atoms with Crippen LogP contribution in [0, 0.1) is 11.3 Å². The van der Waals surface area contributed by atoms with E-state index in [2.05, 4.69) is 26.7 Å². The molecule has 1 saturated carbocycles. The van der Waals surface area contributed by atoms with Crippen molar-refractivity contribution < 1.29 is 14.3 Å². The van der Waals surface area contributed by atoms with Gasteiger partial charge >= 0.3 is 5.69 Å². The third-order valence-corrected chi connectivity index (χ3v) is 12.1. The summed E-state index contributed by atoms with van der Waals surface area (Å²) in [6, 6.07) is 10.2. The standard InChI is InChI=1S/C37H48N8O4/c1-40-35-30(5-3-6-31(35)44(36(40)48)45-33(46)7-4-8-34(45)47)42-19-15-37(16-20-42)13-17-41(18-14-37)23-25-9-11-27(12-10-25)43-24-26-21-28(38)32(49-2)22-29(26)39-43/h3,5-6,21-22,24-25,27H,4,7-20,23,38H2,1-2H3. The summed E-state index contributed by atoms with van der Waals surface area (Å²) in [7, 11) is 3.38. The number of methoxy groups -OCH3 is 1. The number of rotatable bonds is 6. The lowest BCUT2D eigenvalue weighted by Crippen LogP contribution is -2.52. The van der Waals surface area contributed by atoms with Gasteiger partial charge in [0.15, 0.2) is 0 Å². The summed E-state index contributed by atoms with van der Waals surface area (Å²) in [5.41, 5.74) is 10.1. The number of para-hydroxylation sites is 1. The van der Waals surface area contributed by atoms with Crippen LogP contribution in [-0.2, 0) is 16.6 Å². The second-order valence-electron chi connectivity index (χ2n) is 15.0. The number of likely N-dealkylation sites (tertiary alicyclic amines) is 1. The van der Waals surface area contributed by atoms with Crippen molar-refractivity contribution in [1.82, 2.24) is 23.9 Å². The number of anilines is 2. The molecule has 2 aromatic carbocycles. The topological polar surface area (TPSA) is 124 Å². The molecule has 4 aromatic rings. The highest BCUT2D eigenvalue weighted by atomic mass is 16.5. The number of hydrogen-bond acceptors (Lipinski definition) is 8. The first-order valence-corrected chi connectivity index (χ1v) is 18.1. The molecule has 2 aromatic heterocycles. The minimum Gasteiger partial charge on any atom is -0.495 e. The van der Waals surface area contributed by atoms with Crippen molar-refractivity contribution >= 4 is 45.1 Å². The van der Waals surface area contributed by atoms with Crippen LogP contribution in [0.2, 0.25) is 0 Å². The van der Waals surface area contributed by atoms with E-state index >= 15 is 0 Å². The van der Waals surface area contributed by atoms with Crippen LogP contribution in [0.5, 0.6) is 5.75 Å². The van der Waals surface area contributed by atoms with Crippen molar-refractivity contribution in [2.45, 2.75) is 76.7 Å². The average Bonchev–Trinajstić information content (AvgIpc) is 3.63. The highest BCUT2D eigenvalue weighted by molar-refractivity contribution is 6.11. The molecule has 4 aliphatic rings. The molecule has 2 amide bonds. The van der Waals surface area contributed by atoms with Gasteiger partial charge < -0.3 is 20.3 Å². The van der Waals surface area contributed by atoms with Crippen LogP contribution in [0.1, 0.15) is 76.7 Å². The van der Waals surface area contributed by atoms with E-state index in [1.165, 1.54) is 50.0 Å². The second-order valence-corrected chi connectivity index (χ2v) is 15.0. The Morgan fingerprint density at radius 1 is 0.939 bits per heavy atom. The number of ether oxygens (including phenoxy) is 1. The summed E-state index contributed by atoms with van der Waals surface area (Å²) in [6.07, 6.45) is 12.8. The molecule has 1 spiro atoms. The molecule has 5 heterocycles. The quantitative estimate of drug-likeness (QED) is 0.234. The maximum Gasteiger partial charge on any atom is 0.348 e. The van der Waals surface area contributed by atoms with Gasteiger partial charge in [-0.2, -0.15) is 14.8 Å². The van der Waals surface area contributed by atoms with Crippen LogP contribution in [0.4, 0.5) is 11.4 Å². The van der Waals surface area contributed by atoms with Crippen LogP contribution in [0.3, 0.4) is 0 Å². The fourth-order valence-electron chi connectivity index (χ4n) is 9.13. The molecule has 49 heavy (non-hydrogen) atoms. The molecular formula is C37H48N8O4. The Morgan fingerprint density at radius 3 is 2.33 bits per heavy atom. The minimum atomic E-state index is -0.359. The van der Waals surface area contributed by atoms with Crippen molar-refractivity contribution in [3.05, 3.63) is 47.0 Å². The van der Waals surface area contributed by atoms with Crippen molar-refractivity contribution in [2.75, 3.05) is 55.5 Å². The molecule has 3 saturated heterocycles. The van der Waals surface area contributed by atoms with Gasteiger partial charge in [0, 0.05) is 57.2 Å². The molecular weight excluding hydrogens is 620 g/mol. The Bertz CT molecular complexity index is 1930. The molecule has 8 rings (SSSR count). The first-order valence-electron chi connectivity index (χ1n) is 18.1. The van der Waals surface area contributed by atoms with Crippen molar-refractivity contribution in [1.29, 1.82) is 0 Å². The lowest BCUT2D eigenvalue weighted by Gasteiger charge is -2.48. The van der Waals surface area contributed by atoms with Gasteiger partial charge in [-0.15, -0.1) is 0 Å². The predicted molar refractivity (Wildman–Crippen MR) is 191 cm³/mol. The molecule has 0 radical (unpaired) electrons. The van der Waals surface area contributed by atoms with Gasteiger partial charge in [0.25, 0.3) is 0 Å². The summed E-state index contributed by atoms with van der Waals surface area (Å²) < 4.78 is 10.4. The second kappa shape index (κ2) is 12.5. The third kappa shape index (κ3) is 5.67. The van der Waals surface area contributed by atoms with Gasteiger partial charge in [-0.3, -0.25) is 18.8 Å². The van der Waals surface area contributed by atoms with Crippen molar-refractivity contribution in [3.63, 3.8) is 0 Å². The number of nitrogens with two attached hydrogens (primary N) is 1. The van der Waals surface area contributed by atoms with Crippen molar-refractivity contribution in [2.24, 2.45) is 18.4 Å². The Kier molecular flexibility index (Phi) is 8.16. The summed E-state index contributed by atoms with van der Waals surface area (Å²) in [5.74, 6) is 0.791. The number of hydrogen-bond donors (Lipinski definition) is 1. The van der Waals surface area contributed by atoms with Crippen LogP contribution in [-0.4, -0.2) is 75.6 Å². The van der Waals surface area contributed by atoms with Crippen LogP contribution in [0.25, 0.3) is 21.9 Å². The molecule has 0 atom stereocenters. The molecule has 2 N–H and O–H groups in total. The van der Waals surface area contributed by atoms with Crippen molar-refractivity contribution in [3.8, 4) is 5.75 Å². The van der Waals surface area contributed by atoms with E-state index in [1.807, 2.05) is 24.3 Å². The van der Waals surface area contributed by atoms with E-state index < -0.39 is 0 Å². The molecule has 12 nitrogen and oxygen atoms in total. The summed E-state index contributed by atoms with van der Waals surface area (Å²) in [6.45, 7) is 5.40. The van der Waals surface area contributed by atoms with E-state index in [9.17, 15) is 14.4 Å². The van der Waals surface area contributed by atoms with E-state index in [0.717, 1.165) is 71.8 Å². The number of carbonyl (C=O) groups excluding carboxylic acids is 2. The highest BCUT2D eigenvalue weighted by Gasteiger charge is 2.39. The smallest absolute Gasteiger partial charge is 0.348 e. The van der Waals surface area contributed by atoms with Gasteiger partial charge in [0.2, 0.25) is 11.8 Å². The SMILES string of the molecule is COc1cc2nn(C3CCC(CN4CCC5(CC4)CCN(c4cccc6c4n(C)c(=O)n6N4C(=O)CCCC4=O)CC5)CC3)cc2cc1N. The molecule has 4 fully saturated rings. The maximum atomic E-state index is 13.4. The molecule has 3 aliphatic heterocycles. The van der Waals surface area contributed by atoms with Crippen LogP contribution < -0.4 is 26.1 Å². The minimum absolute atomic E-state index is 0.276. The Hall–Kier alpha value is -4.32. The number of imide groups is 1. The lowest BCUT2D eigenvalue weighted by molar-refractivity contribution is -0.131. The van der Waals surface area contributed by atoms with E-state index in [-0.39, 0.29) is 30.3 Å². The Balaban J connectivity index is 0.863. The third-order valence-electron chi connectivity index (χ3n) is 12.1. The molecule has 0 bridgehead atoms. The number of fused-ring (bicyclic) bond motifs is 2. The van der Waals surface area contributed by atoms with E-state index in [0.29, 0.717) is 34.8 Å². The van der Waals surface area contributed by atoms with Gasteiger partial charge in [-0.05, 0) is 100 Å². The highest BCUT2D eigenvalue weighted by Crippen LogP contribution is 2.44. The Morgan fingerprint density at radius 2 is 1.63 bits per heavy atom.